The molecule has 2 aliphatic rings. The third-order valence-corrected chi connectivity index (χ3v) is 4.90. The fourth-order valence-corrected chi connectivity index (χ4v) is 3.60. The maximum absolute atomic E-state index is 5.76. The Morgan fingerprint density at radius 3 is 2.47 bits per heavy atom. The number of hydrogen-bond donors (Lipinski definition) is 2. The highest BCUT2D eigenvalue weighted by atomic mass is 14.9. The average molecular weight is 258 g/mol. The molecule has 1 aromatic rings. The van der Waals surface area contributed by atoms with E-state index in [1.54, 1.807) is 11.1 Å². The van der Waals surface area contributed by atoms with Crippen LogP contribution in [-0.4, -0.2) is 12.6 Å². The van der Waals surface area contributed by atoms with Gasteiger partial charge in [0.15, 0.2) is 0 Å². The second kappa shape index (κ2) is 5.96. The number of benzene rings is 1. The van der Waals surface area contributed by atoms with Gasteiger partial charge in [0.25, 0.3) is 0 Å². The highest BCUT2D eigenvalue weighted by Gasteiger charge is 2.20. The van der Waals surface area contributed by atoms with E-state index in [-0.39, 0.29) is 0 Å². The summed E-state index contributed by atoms with van der Waals surface area (Å²) < 4.78 is 0. The Morgan fingerprint density at radius 1 is 1.00 bits per heavy atom. The Kier molecular flexibility index (Phi) is 4.07. The molecule has 19 heavy (non-hydrogen) atoms. The second-order valence-electron chi connectivity index (χ2n) is 6.29. The first-order chi connectivity index (χ1) is 9.35. The van der Waals surface area contributed by atoms with Crippen LogP contribution in [0.4, 0.5) is 5.69 Å². The monoisotopic (exact) mass is 258 g/mol. The number of hydrogen-bond acceptors (Lipinski definition) is 2. The largest absolute Gasteiger partial charge is 0.382 e. The lowest BCUT2D eigenvalue weighted by atomic mass is 9.86. The van der Waals surface area contributed by atoms with Crippen LogP contribution >= 0.6 is 0 Å². The molecule has 2 heteroatoms. The van der Waals surface area contributed by atoms with Crippen molar-refractivity contribution in [3.05, 3.63) is 29.3 Å². The summed E-state index contributed by atoms with van der Waals surface area (Å²) in [5.41, 5.74) is 10.2. The van der Waals surface area contributed by atoms with E-state index >= 15 is 0 Å². The predicted molar refractivity (Wildman–Crippen MR) is 81.5 cm³/mol. The highest BCUT2D eigenvalue weighted by molar-refractivity contribution is 5.50. The third kappa shape index (κ3) is 3.11. The highest BCUT2D eigenvalue weighted by Crippen LogP contribution is 2.28. The first-order valence-electron chi connectivity index (χ1n) is 7.93. The van der Waals surface area contributed by atoms with Gasteiger partial charge in [0.2, 0.25) is 0 Å². The van der Waals surface area contributed by atoms with Gasteiger partial charge in [-0.25, -0.2) is 0 Å². The van der Waals surface area contributed by atoms with Gasteiger partial charge in [-0.1, -0.05) is 6.07 Å². The summed E-state index contributed by atoms with van der Waals surface area (Å²) in [7, 11) is 0. The van der Waals surface area contributed by atoms with Crippen molar-refractivity contribution in [1.82, 2.24) is 0 Å². The van der Waals surface area contributed by atoms with Gasteiger partial charge in [0.1, 0.15) is 0 Å². The maximum atomic E-state index is 5.76. The van der Waals surface area contributed by atoms with Gasteiger partial charge >= 0.3 is 0 Å². The average Bonchev–Trinajstić information content (AvgIpc) is 2.48. The molecule has 0 atom stereocenters. The zero-order chi connectivity index (χ0) is 13.1. The van der Waals surface area contributed by atoms with Crippen LogP contribution in [0.1, 0.15) is 49.7 Å². The lowest BCUT2D eigenvalue weighted by Crippen LogP contribution is -2.29. The van der Waals surface area contributed by atoms with Crippen molar-refractivity contribution in [2.24, 2.45) is 11.7 Å². The normalized spacial score (nSPS) is 26.8. The molecular weight excluding hydrogens is 232 g/mol. The molecule has 0 bridgehead atoms. The quantitative estimate of drug-likeness (QED) is 0.871. The minimum absolute atomic E-state index is 0.657. The van der Waals surface area contributed by atoms with Crippen LogP contribution in [-0.2, 0) is 12.8 Å². The van der Waals surface area contributed by atoms with Gasteiger partial charge in [-0.05, 0) is 87.1 Å². The van der Waals surface area contributed by atoms with E-state index in [0.29, 0.717) is 6.04 Å². The molecule has 0 radical (unpaired) electrons. The minimum atomic E-state index is 0.657. The second-order valence-corrected chi connectivity index (χ2v) is 6.29. The summed E-state index contributed by atoms with van der Waals surface area (Å²) in [5.74, 6) is 0.765. The number of rotatable bonds is 3. The van der Waals surface area contributed by atoms with E-state index in [0.717, 1.165) is 12.5 Å². The van der Waals surface area contributed by atoms with Crippen molar-refractivity contribution in [2.45, 2.75) is 57.4 Å². The standard InChI is InChI=1S/C17H26N2/c18-12-13-5-8-16(9-6-13)19-17-10-7-14-3-1-2-4-15(14)11-17/h7,10-11,13,16,19H,1-6,8-9,12,18H2. The Hall–Kier alpha value is -1.02. The molecule has 2 nitrogen and oxygen atoms in total. The van der Waals surface area contributed by atoms with Gasteiger partial charge in [-0.15, -0.1) is 0 Å². The van der Waals surface area contributed by atoms with Crippen LogP contribution < -0.4 is 11.1 Å². The molecule has 3 rings (SSSR count). The summed E-state index contributed by atoms with van der Waals surface area (Å²) in [6.45, 7) is 0.867. The molecule has 0 saturated heterocycles. The van der Waals surface area contributed by atoms with Crippen molar-refractivity contribution in [3.63, 3.8) is 0 Å². The van der Waals surface area contributed by atoms with Gasteiger partial charge in [-0.2, -0.15) is 0 Å². The SMILES string of the molecule is NCC1CCC(Nc2ccc3c(c2)CCCC3)CC1. The van der Waals surface area contributed by atoms with Crippen LogP contribution in [0.3, 0.4) is 0 Å². The van der Waals surface area contributed by atoms with Gasteiger partial charge in [0, 0.05) is 11.7 Å². The fraction of sp³-hybridized carbons (Fsp3) is 0.647. The molecule has 0 amide bonds. The predicted octanol–water partition coefficient (Wildman–Crippen LogP) is 3.49. The molecule has 2 aliphatic carbocycles. The smallest absolute Gasteiger partial charge is 0.0345 e. The summed E-state index contributed by atoms with van der Waals surface area (Å²) in [4.78, 5) is 0. The molecule has 1 aromatic carbocycles. The molecule has 3 N–H and O–H groups in total. The fourth-order valence-electron chi connectivity index (χ4n) is 3.60. The molecular formula is C17H26N2. The molecule has 0 spiro atoms. The summed E-state index contributed by atoms with van der Waals surface area (Å²) in [6, 6.07) is 7.66. The summed E-state index contributed by atoms with van der Waals surface area (Å²) in [5, 5.41) is 3.73. The third-order valence-electron chi connectivity index (χ3n) is 4.90. The van der Waals surface area contributed by atoms with Crippen molar-refractivity contribution >= 4 is 5.69 Å². The van der Waals surface area contributed by atoms with E-state index < -0.39 is 0 Å². The van der Waals surface area contributed by atoms with Crippen LogP contribution in [0.15, 0.2) is 18.2 Å². The Morgan fingerprint density at radius 2 is 1.74 bits per heavy atom. The molecule has 104 valence electrons. The van der Waals surface area contributed by atoms with Crippen LogP contribution in [0.5, 0.6) is 0 Å². The molecule has 0 aromatic heterocycles. The van der Waals surface area contributed by atoms with E-state index in [1.807, 2.05) is 0 Å². The van der Waals surface area contributed by atoms with E-state index in [4.69, 9.17) is 5.73 Å². The van der Waals surface area contributed by atoms with E-state index in [2.05, 4.69) is 23.5 Å². The minimum Gasteiger partial charge on any atom is -0.382 e. The Bertz CT molecular complexity index is 419. The van der Waals surface area contributed by atoms with E-state index in [9.17, 15) is 0 Å². The Labute approximate surface area is 116 Å². The maximum Gasteiger partial charge on any atom is 0.0345 e. The molecule has 1 fully saturated rings. The molecule has 0 aliphatic heterocycles. The number of anilines is 1. The van der Waals surface area contributed by atoms with Crippen molar-refractivity contribution in [1.29, 1.82) is 0 Å². The zero-order valence-electron chi connectivity index (χ0n) is 11.8. The topological polar surface area (TPSA) is 38.0 Å². The first-order valence-corrected chi connectivity index (χ1v) is 7.93. The van der Waals surface area contributed by atoms with Crippen LogP contribution in [0.25, 0.3) is 0 Å². The number of nitrogens with two attached hydrogens (primary N) is 1. The number of fused-ring (bicyclic) bond motifs is 1. The van der Waals surface area contributed by atoms with Gasteiger partial charge in [-0.3, -0.25) is 0 Å². The van der Waals surface area contributed by atoms with Crippen LogP contribution in [0.2, 0.25) is 0 Å². The van der Waals surface area contributed by atoms with Crippen molar-refractivity contribution in [3.8, 4) is 0 Å². The first kappa shape index (κ1) is 13.0. The number of aryl methyl sites for hydroxylation is 2. The lowest BCUT2D eigenvalue weighted by molar-refractivity contribution is 0.345. The van der Waals surface area contributed by atoms with Crippen LogP contribution in [0, 0.1) is 5.92 Å². The molecule has 1 saturated carbocycles. The summed E-state index contributed by atoms with van der Waals surface area (Å²) >= 11 is 0. The Balaban J connectivity index is 1.61. The van der Waals surface area contributed by atoms with Gasteiger partial charge in [0.05, 0.1) is 0 Å². The summed E-state index contributed by atoms with van der Waals surface area (Å²) in [6.07, 6.45) is 10.4. The lowest BCUT2D eigenvalue weighted by Gasteiger charge is -2.29. The van der Waals surface area contributed by atoms with Crippen molar-refractivity contribution in [2.75, 3.05) is 11.9 Å². The van der Waals surface area contributed by atoms with Gasteiger partial charge < -0.3 is 11.1 Å². The molecule has 0 heterocycles. The van der Waals surface area contributed by atoms with Crippen molar-refractivity contribution < 1.29 is 0 Å². The number of nitrogens with one attached hydrogen (secondary N) is 1. The zero-order valence-corrected chi connectivity index (χ0v) is 11.8. The molecule has 0 unspecified atom stereocenters. The van der Waals surface area contributed by atoms with E-state index in [1.165, 1.54) is 57.1 Å².